The molecule has 5 heteroatoms. The number of rotatable bonds is 3. The summed E-state index contributed by atoms with van der Waals surface area (Å²) in [7, 11) is -3.05. The summed E-state index contributed by atoms with van der Waals surface area (Å²) in [6.07, 6.45) is 7.96. The maximum atomic E-state index is 11.7. The van der Waals surface area contributed by atoms with E-state index in [1.807, 2.05) is 0 Å². The average molecular weight is 302 g/mol. The van der Waals surface area contributed by atoms with Crippen LogP contribution in [0.2, 0.25) is 0 Å². The number of hydrogen-bond donors (Lipinski definition) is 1. The van der Waals surface area contributed by atoms with Crippen molar-refractivity contribution in [3.05, 3.63) is 0 Å². The van der Waals surface area contributed by atoms with Crippen LogP contribution in [0.4, 0.5) is 0 Å². The number of nitrogens with two attached hydrogens (primary N) is 1. The molecule has 2 aliphatic rings. The predicted molar refractivity (Wildman–Crippen MR) is 82.9 cm³/mol. The largest absolute Gasteiger partial charge is 0.325 e. The molecule has 1 saturated heterocycles. The summed E-state index contributed by atoms with van der Waals surface area (Å²) < 4.78 is 25.1. The van der Waals surface area contributed by atoms with Gasteiger partial charge >= 0.3 is 0 Å². The second-order valence-corrected chi connectivity index (χ2v) is 9.34. The lowest BCUT2D eigenvalue weighted by atomic mass is 9.66. The fraction of sp³-hybridized carbons (Fsp3) is 1.00. The molecule has 1 aliphatic carbocycles. The minimum Gasteiger partial charge on any atom is -0.325 e. The van der Waals surface area contributed by atoms with Crippen LogP contribution in [-0.4, -0.2) is 37.6 Å². The Kier molecular flexibility index (Phi) is 4.82. The lowest BCUT2D eigenvalue weighted by Crippen LogP contribution is -2.53. The molecule has 4 atom stereocenters. The van der Waals surface area contributed by atoms with Gasteiger partial charge in [-0.1, -0.05) is 20.3 Å². The molecular weight excluding hydrogens is 272 g/mol. The van der Waals surface area contributed by atoms with Crippen LogP contribution in [0.5, 0.6) is 0 Å². The van der Waals surface area contributed by atoms with E-state index >= 15 is 0 Å². The van der Waals surface area contributed by atoms with Gasteiger partial charge in [-0.05, 0) is 49.9 Å². The van der Waals surface area contributed by atoms with Gasteiger partial charge in [0.25, 0.3) is 0 Å². The first kappa shape index (κ1) is 16.2. The standard InChI is InChI=1S/C15H30N2O2S/c1-12-6-7-13(2)15(16,9-12)10-14-5-4-8-17(11-14)20(3,18)19/h12-14H,4-11,16H2,1-3H3. The first-order valence-corrected chi connectivity index (χ1v) is 9.79. The molecule has 1 heterocycles. The number of sulfonamides is 1. The molecule has 1 saturated carbocycles. The summed E-state index contributed by atoms with van der Waals surface area (Å²) in [4.78, 5) is 0. The molecule has 118 valence electrons. The van der Waals surface area contributed by atoms with Gasteiger partial charge in [0, 0.05) is 18.6 Å². The Morgan fingerprint density at radius 3 is 2.60 bits per heavy atom. The molecular formula is C15H30N2O2S. The van der Waals surface area contributed by atoms with Gasteiger partial charge in [-0.25, -0.2) is 12.7 Å². The molecule has 0 spiro atoms. The number of hydrogen-bond acceptors (Lipinski definition) is 3. The van der Waals surface area contributed by atoms with Gasteiger partial charge in [-0.2, -0.15) is 0 Å². The van der Waals surface area contributed by atoms with Gasteiger partial charge in [-0.3, -0.25) is 0 Å². The monoisotopic (exact) mass is 302 g/mol. The highest BCUT2D eigenvalue weighted by Gasteiger charge is 2.40. The zero-order valence-electron chi connectivity index (χ0n) is 13.1. The zero-order chi connectivity index (χ0) is 15.0. The van der Waals surface area contributed by atoms with E-state index in [1.165, 1.54) is 19.1 Å². The molecule has 20 heavy (non-hydrogen) atoms. The van der Waals surface area contributed by atoms with Crippen LogP contribution in [0.1, 0.15) is 52.4 Å². The van der Waals surface area contributed by atoms with Crippen molar-refractivity contribution in [1.82, 2.24) is 4.31 Å². The Hall–Kier alpha value is -0.130. The summed E-state index contributed by atoms with van der Waals surface area (Å²) in [5, 5.41) is 0. The minimum absolute atomic E-state index is 0.0944. The molecule has 1 aliphatic heterocycles. The highest BCUT2D eigenvalue weighted by molar-refractivity contribution is 7.88. The molecule has 0 amide bonds. The Balaban J connectivity index is 2.01. The number of piperidine rings is 1. The highest BCUT2D eigenvalue weighted by atomic mass is 32.2. The summed E-state index contributed by atoms with van der Waals surface area (Å²) in [6.45, 7) is 5.90. The third kappa shape index (κ3) is 3.74. The minimum atomic E-state index is -3.05. The van der Waals surface area contributed by atoms with Gasteiger partial charge in [0.1, 0.15) is 0 Å². The van der Waals surface area contributed by atoms with Gasteiger partial charge in [-0.15, -0.1) is 0 Å². The average Bonchev–Trinajstić information content (AvgIpc) is 2.33. The van der Waals surface area contributed by atoms with E-state index in [2.05, 4.69) is 13.8 Å². The van der Waals surface area contributed by atoms with E-state index < -0.39 is 10.0 Å². The second-order valence-electron chi connectivity index (χ2n) is 7.35. The maximum Gasteiger partial charge on any atom is 0.211 e. The Morgan fingerprint density at radius 2 is 1.95 bits per heavy atom. The fourth-order valence-electron chi connectivity index (χ4n) is 4.09. The maximum absolute atomic E-state index is 11.7. The molecule has 2 N–H and O–H groups in total. The van der Waals surface area contributed by atoms with Gasteiger partial charge in [0.2, 0.25) is 10.0 Å². The van der Waals surface area contributed by atoms with Crippen molar-refractivity contribution < 1.29 is 8.42 Å². The van der Waals surface area contributed by atoms with Gasteiger partial charge < -0.3 is 5.73 Å². The van der Waals surface area contributed by atoms with Crippen LogP contribution in [0, 0.1) is 17.8 Å². The van der Waals surface area contributed by atoms with Crippen molar-refractivity contribution in [3.8, 4) is 0 Å². The Bertz CT molecular complexity index is 437. The van der Waals surface area contributed by atoms with E-state index in [1.54, 1.807) is 4.31 Å². The van der Waals surface area contributed by atoms with E-state index in [-0.39, 0.29) is 5.54 Å². The van der Waals surface area contributed by atoms with Crippen molar-refractivity contribution in [2.24, 2.45) is 23.5 Å². The van der Waals surface area contributed by atoms with Crippen LogP contribution in [0.25, 0.3) is 0 Å². The van der Waals surface area contributed by atoms with Crippen molar-refractivity contribution in [2.45, 2.75) is 57.9 Å². The van der Waals surface area contributed by atoms with Gasteiger partial charge in [0.05, 0.1) is 6.26 Å². The first-order chi connectivity index (χ1) is 9.21. The zero-order valence-corrected chi connectivity index (χ0v) is 14.0. The predicted octanol–water partition coefficient (Wildman–Crippen LogP) is 2.20. The normalized spacial score (nSPS) is 40.7. The summed E-state index contributed by atoms with van der Waals surface area (Å²) in [5.74, 6) is 1.68. The quantitative estimate of drug-likeness (QED) is 0.869. The van der Waals surface area contributed by atoms with Crippen molar-refractivity contribution >= 4 is 10.0 Å². The smallest absolute Gasteiger partial charge is 0.211 e. The molecule has 2 rings (SSSR count). The Labute approximate surface area is 124 Å². The van der Waals surface area contributed by atoms with E-state index in [4.69, 9.17) is 5.73 Å². The molecule has 4 nitrogen and oxygen atoms in total. The topological polar surface area (TPSA) is 63.4 Å². The first-order valence-electron chi connectivity index (χ1n) is 7.95. The molecule has 0 aromatic rings. The van der Waals surface area contributed by atoms with Crippen molar-refractivity contribution in [3.63, 3.8) is 0 Å². The van der Waals surface area contributed by atoms with Crippen LogP contribution in [-0.2, 0) is 10.0 Å². The SMILES string of the molecule is CC1CCC(C)C(N)(CC2CCCN(S(C)(=O)=O)C2)C1. The highest BCUT2D eigenvalue weighted by Crippen LogP contribution is 2.40. The molecule has 0 radical (unpaired) electrons. The third-order valence-corrected chi connectivity index (χ3v) is 6.69. The van der Waals surface area contributed by atoms with Crippen LogP contribution < -0.4 is 5.73 Å². The van der Waals surface area contributed by atoms with Crippen molar-refractivity contribution in [1.29, 1.82) is 0 Å². The molecule has 0 aromatic carbocycles. The number of nitrogens with zero attached hydrogens (tertiary/aromatic N) is 1. The van der Waals surface area contributed by atoms with Crippen LogP contribution >= 0.6 is 0 Å². The molecule has 4 unspecified atom stereocenters. The summed E-state index contributed by atoms with van der Waals surface area (Å²) in [6, 6.07) is 0. The van der Waals surface area contributed by atoms with Crippen LogP contribution in [0.3, 0.4) is 0 Å². The second kappa shape index (κ2) is 5.93. The fourth-order valence-corrected chi connectivity index (χ4v) is 5.03. The summed E-state index contributed by atoms with van der Waals surface area (Å²) in [5.41, 5.74) is 6.62. The van der Waals surface area contributed by atoms with Gasteiger partial charge in [0.15, 0.2) is 0 Å². The van der Waals surface area contributed by atoms with E-state index in [0.29, 0.717) is 30.8 Å². The molecule has 2 fully saturated rings. The summed E-state index contributed by atoms with van der Waals surface area (Å²) >= 11 is 0. The lowest BCUT2D eigenvalue weighted by Gasteiger charge is -2.45. The third-order valence-electron chi connectivity index (χ3n) is 5.42. The van der Waals surface area contributed by atoms with E-state index in [9.17, 15) is 8.42 Å². The van der Waals surface area contributed by atoms with Crippen LogP contribution in [0.15, 0.2) is 0 Å². The Morgan fingerprint density at radius 1 is 1.25 bits per heavy atom. The van der Waals surface area contributed by atoms with E-state index in [0.717, 1.165) is 25.7 Å². The lowest BCUT2D eigenvalue weighted by molar-refractivity contribution is 0.112. The van der Waals surface area contributed by atoms with Crippen molar-refractivity contribution in [2.75, 3.05) is 19.3 Å². The molecule has 0 aromatic heterocycles. The molecule has 0 bridgehead atoms.